The van der Waals surface area contributed by atoms with Gasteiger partial charge in [0.25, 0.3) is 11.8 Å². The van der Waals surface area contributed by atoms with Gasteiger partial charge in [0.05, 0.1) is 17.1 Å². The Labute approximate surface area is 199 Å². The van der Waals surface area contributed by atoms with E-state index in [9.17, 15) is 9.59 Å². The summed E-state index contributed by atoms with van der Waals surface area (Å²) < 4.78 is 0. The number of benzene rings is 3. The Bertz CT molecular complexity index is 1200. The molecule has 0 spiro atoms. The number of hydrogen-bond acceptors (Lipinski definition) is 3. The molecule has 33 heavy (non-hydrogen) atoms. The number of nitrogens with zero attached hydrogens (tertiary/aromatic N) is 2. The third-order valence-corrected chi connectivity index (χ3v) is 6.84. The van der Waals surface area contributed by atoms with Crippen LogP contribution in [0.3, 0.4) is 0 Å². The minimum absolute atomic E-state index is 0.0106. The van der Waals surface area contributed by atoms with E-state index in [0.29, 0.717) is 30.1 Å². The van der Waals surface area contributed by atoms with Crippen molar-refractivity contribution in [3.63, 3.8) is 0 Å². The molecule has 4 rings (SSSR count). The van der Waals surface area contributed by atoms with E-state index in [1.54, 1.807) is 4.90 Å². The van der Waals surface area contributed by atoms with Crippen LogP contribution in [0.15, 0.2) is 82.6 Å². The summed E-state index contributed by atoms with van der Waals surface area (Å²) in [7, 11) is 0. The van der Waals surface area contributed by atoms with Crippen molar-refractivity contribution in [1.82, 2.24) is 4.90 Å². The van der Waals surface area contributed by atoms with Crippen molar-refractivity contribution < 1.29 is 9.59 Å². The molecule has 0 bridgehead atoms. The predicted octanol–water partition coefficient (Wildman–Crippen LogP) is 6.16. The van der Waals surface area contributed by atoms with Crippen molar-refractivity contribution in [3.8, 4) is 0 Å². The summed E-state index contributed by atoms with van der Waals surface area (Å²) in [6.07, 6.45) is 1.91. The van der Waals surface area contributed by atoms with Crippen LogP contribution in [0.25, 0.3) is 6.08 Å². The second-order valence-corrected chi connectivity index (χ2v) is 9.14. The van der Waals surface area contributed by atoms with Gasteiger partial charge in [-0.25, -0.2) is 0 Å². The maximum atomic E-state index is 13.5. The molecule has 1 aliphatic heterocycles. The third-order valence-electron chi connectivity index (χ3n) is 5.76. The van der Waals surface area contributed by atoms with Gasteiger partial charge in [-0.15, -0.1) is 0 Å². The molecular formula is C28H28N2O2S. The molecule has 2 amide bonds. The minimum Gasteiger partial charge on any atom is -0.339 e. The lowest BCUT2D eigenvalue weighted by Crippen LogP contribution is -2.33. The predicted molar refractivity (Wildman–Crippen MR) is 136 cm³/mol. The second-order valence-electron chi connectivity index (χ2n) is 8.06. The Morgan fingerprint density at radius 3 is 2.39 bits per heavy atom. The van der Waals surface area contributed by atoms with Crippen molar-refractivity contribution >= 4 is 35.3 Å². The molecule has 0 unspecified atom stereocenters. The van der Waals surface area contributed by atoms with Crippen molar-refractivity contribution in [3.05, 3.63) is 100.0 Å². The van der Waals surface area contributed by atoms with Gasteiger partial charge in [0.1, 0.15) is 0 Å². The summed E-state index contributed by atoms with van der Waals surface area (Å²) >= 11 is 1.49. The number of amides is 2. The molecule has 0 aromatic heterocycles. The Morgan fingerprint density at radius 1 is 0.970 bits per heavy atom. The van der Waals surface area contributed by atoms with Gasteiger partial charge in [0.15, 0.2) is 0 Å². The molecule has 0 saturated carbocycles. The van der Waals surface area contributed by atoms with Crippen LogP contribution in [0.2, 0.25) is 0 Å². The average molecular weight is 457 g/mol. The molecule has 0 fully saturated rings. The summed E-state index contributed by atoms with van der Waals surface area (Å²) in [6, 6.07) is 23.8. The normalized spacial score (nSPS) is 14.3. The fourth-order valence-electron chi connectivity index (χ4n) is 3.98. The molecule has 3 aromatic carbocycles. The van der Waals surface area contributed by atoms with Crippen LogP contribution in [0.1, 0.15) is 40.9 Å². The Kier molecular flexibility index (Phi) is 6.99. The molecule has 0 aliphatic carbocycles. The minimum atomic E-state index is -0.0106. The monoisotopic (exact) mass is 456 g/mol. The number of para-hydroxylation sites is 1. The molecule has 3 aromatic rings. The SMILES string of the molecule is CCN(CC)C(=O)c1ccc(/C=C2/Sc3ccccc3N(Cc3cccc(C)c3)C2=O)cc1. The van der Waals surface area contributed by atoms with Crippen molar-refractivity contribution in [2.24, 2.45) is 0 Å². The molecule has 4 nitrogen and oxygen atoms in total. The Hall–Kier alpha value is -3.31. The highest BCUT2D eigenvalue weighted by Crippen LogP contribution is 2.42. The topological polar surface area (TPSA) is 40.6 Å². The van der Waals surface area contributed by atoms with E-state index in [0.717, 1.165) is 21.7 Å². The number of anilines is 1. The van der Waals surface area contributed by atoms with Crippen LogP contribution in [0, 0.1) is 6.92 Å². The second kappa shape index (κ2) is 10.1. The van der Waals surface area contributed by atoms with E-state index in [-0.39, 0.29) is 11.8 Å². The van der Waals surface area contributed by atoms with Crippen LogP contribution in [-0.4, -0.2) is 29.8 Å². The van der Waals surface area contributed by atoms with E-state index in [1.807, 2.05) is 73.4 Å². The van der Waals surface area contributed by atoms with Gasteiger partial charge in [0, 0.05) is 23.5 Å². The largest absolute Gasteiger partial charge is 0.339 e. The zero-order valence-corrected chi connectivity index (χ0v) is 20.1. The summed E-state index contributed by atoms with van der Waals surface area (Å²) in [5.41, 5.74) is 4.77. The Morgan fingerprint density at radius 2 is 1.70 bits per heavy atom. The number of hydrogen-bond donors (Lipinski definition) is 0. The summed E-state index contributed by atoms with van der Waals surface area (Å²) in [4.78, 5) is 31.5. The maximum absolute atomic E-state index is 13.5. The third kappa shape index (κ3) is 5.04. The highest BCUT2D eigenvalue weighted by Gasteiger charge is 2.29. The maximum Gasteiger partial charge on any atom is 0.265 e. The standard InChI is InChI=1S/C28H28N2O2S/c1-4-29(5-2)27(31)23-15-13-21(14-16-23)18-26-28(32)30(19-22-10-8-9-20(3)17-22)24-11-6-7-12-25(24)33-26/h6-18H,4-5,19H2,1-3H3/b26-18+. The molecule has 0 saturated heterocycles. The van der Waals surface area contributed by atoms with Crippen LogP contribution in [-0.2, 0) is 11.3 Å². The smallest absolute Gasteiger partial charge is 0.265 e. The number of aryl methyl sites for hydroxylation is 1. The van der Waals surface area contributed by atoms with E-state index in [4.69, 9.17) is 0 Å². The van der Waals surface area contributed by atoms with E-state index in [2.05, 4.69) is 31.2 Å². The molecule has 1 heterocycles. The molecule has 0 radical (unpaired) electrons. The fraction of sp³-hybridized carbons (Fsp3) is 0.214. The first-order chi connectivity index (χ1) is 16.0. The van der Waals surface area contributed by atoms with Gasteiger partial charge in [-0.05, 0) is 62.2 Å². The van der Waals surface area contributed by atoms with Crippen LogP contribution < -0.4 is 4.90 Å². The van der Waals surface area contributed by atoms with Gasteiger partial charge >= 0.3 is 0 Å². The zero-order chi connectivity index (χ0) is 23.4. The first-order valence-corrected chi connectivity index (χ1v) is 12.1. The highest BCUT2D eigenvalue weighted by atomic mass is 32.2. The fourth-order valence-corrected chi connectivity index (χ4v) is 5.04. The first kappa shape index (κ1) is 22.9. The summed E-state index contributed by atoms with van der Waals surface area (Å²) in [5, 5.41) is 0. The number of fused-ring (bicyclic) bond motifs is 1. The number of thioether (sulfide) groups is 1. The van der Waals surface area contributed by atoms with Crippen LogP contribution in [0.5, 0.6) is 0 Å². The first-order valence-electron chi connectivity index (χ1n) is 11.3. The summed E-state index contributed by atoms with van der Waals surface area (Å²) in [5.74, 6) is 0.0177. The Balaban J connectivity index is 1.63. The van der Waals surface area contributed by atoms with E-state index in [1.165, 1.54) is 17.3 Å². The van der Waals surface area contributed by atoms with Gasteiger partial charge in [0.2, 0.25) is 0 Å². The lowest BCUT2D eigenvalue weighted by atomic mass is 10.1. The molecule has 0 atom stereocenters. The van der Waals surface area contributed by atoms with Crippen LogP contribution >= 0.6 is 11.8 Å². The van der Waals surface area contributed by atoms with E-state index < -0.39 is 0 Å². The molecular weight excluding hydrogens is 428 g/mol. The number of carbonyl (C=O) groups is 2. The van der Waals surface area contributed by atoms with Crippen LogP contribution in [0.4, 0.5) is 5.69 Å². The molecule has 168 valence electrons. The average Bonchev–Trinajstić information content (AvgIpc) is 2.83. The van der Waals surface area contributed by atoms with Crippen molar-refractivity contribution in [1.29, 1.82) is 0 Å². The molecule has 0 N–H and O–H groups in total. The lowest BCUT2D eigenvalue weighted by Gasteiger charge is -2.30. The number of carbonyl (C=O) groups excluding carboxylic acids is 2. The van der Waals surface area contributed by atoms with Gasteiger partial charge in [-0.2, -0.15) is 0 Å². The van der Waals surface area contributed by atoms with E-state index >= 15 is 0 Å². The molecule has 5 heteroatoms. The summed E-state index contributed by atoms with van der Waals surface area (Å²) in [6.45, 7) is 7.90. The quantitative estimate of drug-likeness (QED) is 0.417. The highest BCUT2D eigenvalue weighted by molar-refractivity contribution is 8.04. The van der Waals surface area contributed by atoms with Crippen molar-refractivity contribution in [2.75, 3.05) is 18.0 Å². The van der Waals surface area contributed by atoms with Gasteiger partial charge in [-0.1, -0.05) is 65.9 Å². The molecule has 1 aliphatic rings. The van der Waals surface area contributed by atoms with Crippen molar-refractivity contribution in [2.45, 2.75) is 32.2 Å². The lowest BCUT2D eigenvalue weighted by molar-refractivity contribution is -0.114. The number of rotatable bonds is 6. The van der Waals surface area contributed by atoms with Gasteiger partial charge < -0.3 is 9.80 Å². The zero-order valence-electron chi connectivity index (χ0n) is 19.2. The van der Waals surface area contributed by atoms with Gasteiger partial charge in [-0.3, -0.25) is 9.59 Å².